The van der Waals surface area contributed by atoms with E-state index in [1.54, 1.807) is 12.1 Å². The molecule has 3 N–H and O–H groups in total. The lowest BCUT2D eigenvalue weighted by Crippen LogP contribution is -2.25. The van der Waals surface area contributed by atoms with Crippen LogP contribution in [0.15, 0.2) is 54.6 Å². The van der Waals surface area contributed by atoms with Gasteiger partial charge >= 0.3 is 0 Å². The molecule has 122 valence electrons. The number of benzene rings is 2. The molecule has 0 aliphatic heterocycles. The molecule has 0 aromatic heterocycles. The summed E-state index contributed by atoms with van der Waals surface area (Å²) in [4.78, 5) is 10.3. The number of nitro benzene ring substituents is 1. The van der Waals surface area contributed by atoms with Crippen molar-refractivity contribution >= 4 is 5.69 Å². The van der Waals surface area contributed by atoms with Gasteiger partial charge in [-0.1, -0.05) is 42.5 Å². The highest BCUT2D eigenvalue weighted by Gasteiger charge is 2.09. The van der Waals surface area contributed by atoms with Gasteiger partial charge in [0.05, 0.1) is 4.92 Å². The van der Waals surface area contributed by atoms with Crippen molar-refractivity contribution in [3.05, 3.63) is 75.8 Å². The lowest BCUT2D eigenvalue weighted by molar-refractivity contribution is -0.384. The maximum absolute atomic E-state index is 10.6. The summed E-state index contributed by atoms with van der Waals surface area (Å²) >= 11 is 0. The van der Waals surface area contributed by atoms with Gasteiger partial charge in [0.25, 0.3) is 5.69 Å². The quantitative estimate of drug-likeness (QED) is 0.423. The molecule has 2 aromatic carbocycles. The van der Waals surface area contributed by atoms with E-state index in [-0.39, 0.29) is 16.7 Å². The summed E-state index contributed by atoms with van der Waals surface area (Å²) in [7, 11) is 0. The van der Waals surface area contributed by atoms with Crippen LogP contribution < -0.4 is 11.1 Å². The van der Waals surface area contributed by atoms with E-state index in [0.29, 0.717) is 6.54 Å². The van der Waals surface area contributed by atoms with Crippen molar-refractivity contribution in [3.8, 4) is 0 Å². The van der Waals surface area contributed by atoms with E-state index in [1.165, 1.54) is 5.56 Å². The highest BCUT2D eigenvalue weighted by atomic mass is 16.6. The van der Waals surface area contributed by atoms with Crippen LogP contribution in [0.2, 0.25) is 0 Å². The molecule has 0 heterocycles. The molecule has 23 heavy (non-hydrogen) atoms. The fourth-order valence-corrected chi connectivity index (χ4v) is 2.59. The van der Waals surface area contributed by atoms with Crippen molar-refractivity contribution in [2.24, 2.45) is 5.73 Å². The first-order valence-corrected chi connectivity index (χ1v) is 7.92. The van der Waals surface area contributed by atoms with Gasteiger partial charge in [-0.15, -0.1) is 0 Å². The summed E-state index contributed by atoms with van der Waals surface area (Å²) in [5.74, 6) is 0. The Labute approximate surface area is 136 Å². The highest BCUT2D eigenvalue weighted by molar-refractivity contribution is 5.32. The van der Waals surface area contributed by atoms with Gasteiger partial charge in [-0.25, -0.2) is 0 Å². The van der Waals surface area contributed by atoms with E-state index in [4.69, 9.17) is 5.73 Å². The minimum atomic E-state index is -0.372. The van der Waals surface area contributed by atoms with Crippen LogP contribution >= 0.6 is 0 Å². The number of non-ortho nitro benzene ring substituents is 1. The Balaban J connectivity index is 1.80. The van der Waals surface area contributed by atoms with Crippen molar-refractivity contribution in [2.75, 3.05) is 13.1 Å². The molecule has 0 saturated carbocycles. The van der Waals surface area contributed by atoms with Gasteiger partial charge in [-0.05, 0) is 43.5 Å². The fourth-order valence-electron chi connectivity index (χ4n) is 2.59. The number of nitro groups is 1. The van der Waals surface area contributed by atoms with E-state index in [0.717, 1.165) is 31.4 Å². The summed E-state index contributed by atoms with van der Waals surface area (Å²) in [5, 5.41) is 14.2. The monoisotopic (exact) mass is 313 g/mol. The third-order valence-corrected chi connectivity index (χ3v) is 3.84. The Kier molecular flexibility index (Phi) is 6.72. The van der Waals surface area contributed by atoms with E-state index >= 15 is 0 Å². The van der Waals surface area contributed by atoms with Crippen LogP contribution in [0.5, 0.6) is 0 Å². The Bertz CT molecular complexity index is 599. The molecule has 2 rings (SSSR count). The normalized spacial score (nSPS) is 12.0. The van der Waals surface area contributed by atoms with E-state index < -0.39 is 0 Å². The number of aryl methyl sites for hydroxylation is 1. The molecule has 0 bridgehead atoms. The minimum Gasteiger partial charge on any atom is -0.330 e. The second-order valence-corrected chi connectivity index (χ2v) is 5.52. The minimum absolute atomic E-state index is 0.138. The molecule has 0 spiro atoms. The lowest BCUT2D eigenvalue weighted by atomic mass is 10.0. The Morgan fingerprint density at radius 3 is 2.39 bits per heavy atom. The number of nitrogens with zero attached hydrogens (tertiary/aromatic N) is 1. The van der Waals surface area contributed by atoms with Crippen LogP contribution in [0, 0.1) is 10.1 Å². The summed E-state index contributed by atoms with van der Waals surface area (Å²) in [6.07, 6.45) is 2.78. The third-order valence-electron chi connectivity index (χ3n) is 3.84. The van der Waals surface area contributed by atoms with Crippen LogP contribution in [0.25, 0.3) is 0 Å². The number of nitrogens with two attached hydrogens (primary N) is 1. The summed E-state index contributed by atoms with van der Waals surface area (Å²) < 4.78 is 0. The van der Waals surface area contributed by atoms with Crippen LogP contribution in [0.3, 0.4) is 0 Å². The van der Waals surface area contributed by atoms with Gasteiger partial charge in [0.1, 0.15) is 0 Å². The fraction of sp³-hybridized carbons (Fsp3) is 0.333. The summed E-state index contributed by atoms with van der Waals surface area (Å²) in [6, 6.07) is 17.4. The number of nitrogens with one attached hydrogen (secondary N) is 1. The van der Waals surface area contributed by atoms with Gasteiger partial charge in [-0.3, -0.25) is 10.1 Å². The molecule has 0 amide bonds. The van der Waals surface area contributed by atoms with Crippen molar-refractivity contribution in [3.63, 3.8) is 0 Å². The Hall–Kier alpha value is -2.24. The second-order valence-electron chi connectivity index (χ2n) is 5.52. The van der Waals surface area contributed by atoms with Gasteiger partial charge in [-0.2, -0.15) is 0 Å². The number of hydrogen-bond donors (Lipinski definition) is 2. The van der Waals surface area contributed by atoms with Crippen LogP contribution in [0.1, 0.15) is 30.0 Å². The topological polar surface area (TPSA) is 81.2 Å². The first-order valence-electron chi connectivity index (χ1n) is 7.92. The molecule has 0 fully saturated rings. The second kappa shape index (κ2) is 9.02. The molecule has 5 heteroatoms. The molecule has 1 atom stereocenters. The molecular formula is C18H23N3O2. The molecule has 5 nitrogen and oxygen atoms in total. The molecular weight excluding hydrogens is 290 g/mol. The van der Waals surface area contributed by atoms with Gasteiger partial charge in [0, 0.05) is 18.2 Å². The number of hydrogen-bond acceptors (Lipinski definition) is 4. The van der Waals surface area contributed by atoms with Crippen molar-refractivity contribution in [2.45, 2.75) is 25.3 Å². The first-order chi connectivity index (χ1) is 11.2. The maximum atomic E-state index is 10.6. The molecule has 0 radical (unpaired) electrons. The summed E-state index contributed by atoms with van der Waals surface area (Å²) in [6.45, 7) is 1.53. The zero-order valence-corrected chi connectivity index (χ0v) is 13.2. The lowest BCUT2D eigenvalue weighted by Gasteiger charge is -2.18. The van der Waals surface area contributed by atoms with Crippen LogP contribution in [-0.2, 0) is 6.42 Å². The molecule has 2 aromatic rings. The summed E-state index contributed by atoms with van der Waals surface area (Å²) in [5.41, 5.74) is 8.22. The van der Waals surface area contributed by atoms with Gasteiger partial charge < -0.3 is 11.1 Å². The zero-order chi connectivity index (χ0) is 16.5. The average molecular weight is 313 g/mol. The number of rotatable bonds is 9. The van der Waals surface area contributed by atoms with Crippen molar-refractivity contribution < 1.29 is 4.92 Å². The predicted octanol–water partition coefficient (Wildman–Crippen LogP) is 3.21. The largest absolute Gasteiger partial charge is 0.330 e. The van der Waals surface area contributed by atoms with Crippen molar-refractivity contribution in [1.29, 1.82) is 0 Å². The van der Waals surface area contributed by atoms with Crippen molar-refractivity contribution in [1.82, 2.24) is 5.32 Å². The standard InChI is InChI=1S/C18H23N3O2/c19-13-12-18(16-6-2-1-3-7-16)20-14-4-5-15-8-10-17(11-9-15)21(22)23/h1-3,6-11,18,20H,4-5,12-14,19H2. The molecule has 0 aliphatic rings. The SMILES string of the molecule is NCCC(NCCCc1ccc([N+](=O)[O-])cc1)c1ccccc1. The van der Waals surface area contributed by atoms with Crippen LogP contribution in [-0.4, -0.2) is 18.0 Å². The Morgan fingerprint density at radius 2 is 1.78 bits per heavy atom. The van der Waals surface area contributed by atoms with Gasteiger partial charge in [0.15, 0.2) is 0 Å². The smallest absolute Gasteiger partial charge is 0.269 e. The Morgan fingerprint density at radius 1 is 1.09 bits per heavy atom. The third kappa shape index (κ3) is 5.47. The average Bonchev–Trinajstić information content (AvgIpc) is 2.59. The first kappa shape index (κ1) is 17.1. The molecule has 0 aliphatic carbocycles. The molecule has 0 saturated heterocycles. The van der Waals surface area contributed by atoms with Gasteiger partial charge in [0.2, 0.25) is 0 Å². The maximum Gasteiger partial charge on any atom is 0.269 e. The highest BCUT2D eigenvalue weighted by Crippen LogP contribution is 2.16. The predicted molar refractivity (Wildman–Crippen MR) is 92.3 cm³/mol. The zero-order valence-electron chi connectivity index (χ0n) is 13.2. The van der Waals surface area contributed by atoms with Crippen LogP contribution in [0.4, 0.5) is 5.69 Å². The van der Waals surface area contributed by atoms with E-state index in [1.807, 2.05) is 30.3 Å². The van der Waals surface area contributed by atoms with E-state index in [9.17, 15) is 10.1 Å². The van der Waals surface area contributed by atoms with E-state index in [2.05, 4.69) is 17.4 Å². The molecule has 1 unspecified atom stereocenters.